The molecule has 0 unspecified atom stereocenters. The average molecular weight is 281 g/mol. The van der Waals surface area contributed by atoms with Crippen LogP contribution in [0.25, 0.3) is 0 Å². The summed E-state index contributed by atoms with van der Waals surface area (Å²) < 4.78 is 6.04. The molecule has 0 radical (unpaired) electrons. The van der Waals surface area contributed by atoms with Gasteiger partial charge in [0.15, 0.2) is 0 Å². The maximum absolute atomic E-state index is 6.04. The molecule has 1 fully saturated rings. The van der Waals surface area contributed by atoms with Crippen LogP contribution in [-0.2, 0) is 6.54 Å². The van der Waals surface area contributed by atoms with Crippen molar-refractivity contribution < 1.29 is 4.74 Å². The maximum atomic E-state index is 6.04. The second kappa shape index (κ2) is 5.90. The van der Waals surface area contributed by atoms with Crippen LogP contribution < -0.4 is 10.1 Å². The van der Waals surface area contributed by atoms with Crippen LogP contribution in [0.3, 0.4) is 0 Å². The molecule has 0 amide bonds. The minimum atomic E-state index is 0.746. The first-order valence-corrected chi connectivity index (χ1v) is 7.70. The number of rotatable bonds is 5. The zero-order valence-electron chi connectivity index (χ0n) is 13.1. The lowest BCUT2D eigenvalue weighted by Gasteiger charge is -2.12. The third-order valence-corrected chi connectivity index (χ3v) is 4.04. The van der Waals surface area contributed by atoms with Crippen molar-refractivity contribution in [2.75, 3.05) is 0 Å². The van der Waals surface area contributed by atoms with Crippen LogP contribution in [-0.4, -0.2) is 6.04 Å². The zero-order valence-corrected chi connectivity index (χ0v) is 13.1. The second-order valence-electron chi connectivity index (χ2n) is 6.11. The smallest absolute Gasteiger partial charge is 0.130 e. The Morgan fingerprint density at radius 2 is 1.81 bits per heavy atom. The maximum Gasteiger partial charge on any atom is 0.130 e. The van der Waals surface area contributed by atoms with E-state index in [4.69, 9.17) is 4.74 Å². The van der Waals surface area contributed by atoms with Gasteiger partial charge in [-0.25, -0.2) is 0 Å². The number of aryl methyl sites for hydroxylation is 3. The summed E-state index contributed by atoms with van der Waals surface area (Å²) in [7, 11) is 0. The van der Waals surface area contributed by atoms with Crippen molar-refractivity contribution in [1.82, 2.24) is 5.32 Å². The molecule has 2 aromatic rings. The minimum Gasteiger partial charge on any atom is -0.457 e. The Hall–Kier alpha value is -1.80. The largest absolute Gasteiger partial charge is 0.457 e. The van der Waals surface area contributed by atoms with E-state index in [0.29, 0.717) is 0 Å². The van der Waals surface area contributed by atoms with Crippen molar-refractivity contribution in [2.24, 2.45) is 0 Å². The molecule has 2 nitrogen and oxygen atoms in total. The van der Waals surface area contributed by atoms with Crippen molar-refractivity contribution in [3.05, 3.63) is 58.7 Å². The van der Waals surface area contributed by atoms with E-state index < -0.39 is 0 Å². The van der Waals surface area contributed by atoms with E-state index in [1.54, 1.807) is 0 Å². The summed E-state index contributed by atoms with van der Waals surface area (Å²) in [6.07, 6.45) is 2.65. The van der Waals surface area contributed by atoms with Gasteiger partial charge in [-0.2, -0.15) is 0 Å². The Morgan fingerprint density at radius 3 is 2.52 bits per heavy atom. The Bertz CT molecular complexity index is 644. The number of ether oxygens (including phenoxy) is 1. The van der Waals surface area contributed by atoms with E-state index >= 15 is 0 Å². The normalized spacial score (nSPS) is 14.2. The highest BCUT2D eigenvalue weighted by molar-refractivity contribution is 5.42. The first-order valence-electron chi connectivity index (χ1n) is 7.70. The fourth-order valence-corrected chi connectivity index (χ4v) is 2.42. The number of nitrogens with one attached hydrogen (secondary N) is 1. The Kier molecular flexibility index (Phi) is 3.98. The van der Waals surface area contributed by atoms with Crippen molar-refractivity contribution in [3.63, 3.8) is 0 Å². The van der Waals surface area contributed by atoms with Gasteiger partial charge in [0.1, 0.15) is 11.5 Å². The third kappa shape index (κ3) is 3.64. The summed E-state index contributed by atoms with van der Waals surface area (Å²) >= 11 is 0. The highest BCUT2D eigenvalue weighted by Gasteiger charge is 2.20. The molecule has 110 valence electrons. The van der Waals surface area contributed by atoms with Gasteiger partial charge in [0.05, 0.1) is 0 Å². The van der Waals surface area contributed by atoms with Crippen LogP contribution in [0.15, 0.2) is 36.4 Å². The van der Waals surface area contributed by atoms with Gasteiger partial charge in [0.25, 0.3) is 0 Å². The minimum absolute atomic E-state index is 0.746. The summed E-state index contributed by atoms with van der Waals surface area (Å²) in [5, 5.41) is 3.56. The molecule has 0 bridgehead atoms. The lowest BCUT2D eigenvalue weighted by atomic mass is 10.1. The number of hydrogen-bond acceptors (Lipinski definition) is 2. The number of hydrogen-bond donors (Lipinski definition) is 1. The summed E-state index contributed by atoms with van der Waals surface area (Å²) in [6, 6.07) is 13.4. The van der Waals surface area contributed by atoms with Crippen LogP contribution in [0.5, 0.6) is 11.5 Å². The Labute approximate surface area is 127 Å². The van der Waals surface area contributed by atoms with E-state index in [0.717, 1.165) is 29.6 Å². The molecule has 1 aliphatic carbocycles. The Morgan fingerprint density at radius 1 is 1.00 bits per heavy atom. The van der Waals surface area contributed by atoms with Crippen LogP contribution in [0, 0.1) is 20.8 Å². The summed E-state index contributed by atoms with van der Waals surface area (Å²) in [4.78, 5) is 0. The summed E-state index contributed by atoms with van der Waals surface area (Å²) in [5.74, 6) is 1.86. The van der Waals surface area contributed by atoms with Crippen molar-refractivity contribution in [2.45, 2.75) is 46.2 Å². The molecule has 0 saturated heterocycles. The first-order chi connectivity index (χ1) is 10.1. The summed E-state index contributed by atoms with van der Waals surface area (Å²) in [6.45, 7) is 7.28. The second-order valence-corrected chi connectivity index (χ2v) is 6.11. The molecule has 1 aliphatic rings. The summed E-state index contributed by atoms with van der Waals surface area (Å²) in [5.41, 5.74) is 5.02. The molecule has 1 saturated carbocycles. The van der Waals surface area contributed by atoms with Crippen LogP contribution in [0.1, 0.15) is 35.1 Å². The molecule has 0 heterocycles. The van der Waals surface area contributed by atoms with Crippen molar-refractivity contribution in [3.8, 4) is 11.5 Å². The molecule has 0 aromatic heterocycles. The third-order valence-electron chi connectivity index (χ3n) is 4.04. The molecule has 0 aliphatic heterocycles. The van der Waals surface area contributed by atoms with Gasteiger partial charge in [-0.15, -0.1) is 0 Å². The molecule has 21 heavy (non-hydrogen) atoms. The predicted molar refractivity (Wildman–Crippen MR) is 87.0 cm³/mol. The molecule has 0 atom stereocenters. The molecular formula is C19H23NO. The molecule has 0 spiro atoms. The molecular weight excluding hydrogens is 258 g/mol. The van der Waals surface area contributed by atoms with E-state index in [-0.39, 0.29) is 0 Å². The van der Waals surface area contributed by atoms with Gasteiger partial charge in [0.2, 0.25) is 0 Å². The fraction of sp³-hybridized carbons (Fsp3) is 0.368. The van der Waals surface area contributed by atoms with Crippen LogP contribution >= 0.6 is 0 Å². The molecule has 2 heteroatoms. The van der Waals surface area contributed by atoms with Gasteiger partial charge >= 0.3 is 0 Å². The van der Waals surface area contributed by atoms with Gasteiger partial charge < -0.3 is 10.1 Å². The topological polar surface area (TPSA) is 21.3 Å². The van der Waals surface area contributed by atoms with Gasteiger partial charge in [-0.05, 0) is 74.1 Å². The first kappa shape index (κ1) is 14.2. The van der Waals surface area contributed by atoms with Crippen molar-refractivity contribution in [1.29, 1.82) is 0 Å². The monoisotopic (exact) mass is 281 g/mol. The highest BCUT2D eigenvalue weighted by Crippen LogP contribution is 2.28. The fourth-order valence-electron chi connectivity index (χ4n) is 2.42. The molecule has 2 aromatic carbocycles. The molecule has 3 rings (SSSR count). The van der Waals surface area contributed by atoms with Gasteiger partial charge in [-0.1, -0.05) is 18.2 Å². The SMILES string of the molecule is Cc1ccc(C)c(Oc2ccc(CNC3CC3)c(C)c2)c1. The lowest BCUT2D eigenvalue weighted by molar-refractivity contribution is 0.477. The number of benzene rings is 2. The Balaban J connectivity index is 1.73. The van der Waals surface area contributed by atoms with E-state index in [2.05, 4.69) is 62.5 Å². The van der Waals surface area contributed by atoms with Gasteiger partial charge in [0, 0.05) is 12.6 Å². The van der Waals surface area contributed by atoms with E-state index in [9.17, 15) is 0 Å². The van der Waals surface area contributed by atoms with Crippen LogP contribution in [0.2, 0.25) is 0 Å². The quantitative estimate of drug-likeness (QED) is 0.861. The van der Waals surface area contributed by atoms with E-state index in [1.165, 1.54) is 29.5 Å². The lowest BCUT2D eigenvalue weighted by Crippen LogP contribution is -2.15. The molecule has 1 N–H and O–H groups in total. The highest BCUT2D eigenvalue weighted by atomic mass is 16.5. The van der Waals surface area contributed by atoms with E-state index in [1.807, 2.05) is 0 Å². The zero-order chi connectivity index (χ0) is 14.8. The predicted octanol–water partition coefficient (Wildman–Crippen LogP) is 4.66. The van der Waals surface area contributed by atoms with Crippen molar-refractivity contribution >= 4 is 0 Å². The standard InChI is InChI=1S/C19H23NO/c1-13-4-5-14(2)19(10-13)21-18-9-6-16(15(3)11-18)12-20-17-7-8-17/h4-6,9-11,17,20H,7-8,12H2,1-3H3. The van der Waals surface area contributed by atoms with Crippen LogP contribution in [0.4, 0.5) is 0 Å². The van der Waals surface area contributed by atoms with Gasteiger partial charge in [-0.3, -0.25) is 0 Å². The average Bonchev–Trinajstić information content (AvgIpc) is 3.26.